The van der Waals surface area contributed by atoms with Crippen molar-refractivity contribution in [3.8, 4) is 23.0 Å². The van der Waals surface area contributed by atoms with Crippen LogP contribution in [0.15, 0.2) is 59.2 Å². The molecule has 0 atom stereocenters. The van der Waals surface area contributed by atoms with Crippen molar-refractivity contribution in [3.05, 3.63) is 66.3 Å². The largest absolute Gasteiger partial charge is 0.508 e. The number of rotatable bonds is 4. The third-order valence-corrected chi connectivity index (χ3v) is 2.85. The molecule has 21 heavy (non-hydrogen) atoms. The van der Waals surface area contributed by atoms with Crippen molar-refractivity contribution in [2.45, 2.75) is 6.61 Å². The monoisotopic (exact) mass is 285 g/mol. The number of phenolic OH excluding ortho intramolecular Hbond substituents is 1. The van der Waals surface area contributed by atoms with Crippen molar-refractivity contribution in [1.29, 1.82) is 0 Å². The van der Waals surface area contributed by atoms with Gasteiger partial charge in [0.25, 0.3) is 0 Å². The van der Waals surface area contributed by atoms with E-state index in [1.807, 2.05) is 0 Å². The molecule has 2 aromatic carbocycles. The summed E-state index contributed by atoms with van der Waals surface area (Å²) in [7, 11) is 0. The lowest BCUT2D eigenvalue weighted by Gasteiger charge is -2.03. The van der Waals surface area contributed by atoms with E-state index >= 15 is 0 Å². The fourth-order valence-corrected chi connectivity index (χ4v) is 1.83. The maximum atomic E-state index is 12.9. The Morgan fingerprint density at radius 1 is 1.14 bits per heavy atom. The first kappa shape index (κ1) is 13.2. The van der Waals surface area contributed by atoms with E-state index in [2.05, 4.69) is 4.98 Å². The van der Waals surface area contributed by atoms with Crippen LogP contribution < -0.4 is 4.74 Å². The van der Waals surface area contributed by atoms with Crippen LogP contribution >= 0.6 is 0 Å². The number of halogens is 1. The summed E-state index contributed by atoms with van der Waals surface area (Å²) < 4.78 is 23.7. The second-order valence-corrected chi connectivity index (χ2v) is 4.44. The Balaban J connectivity index is 1.69. The summed E-state index contributed by atoms with van der Waals surface area (Å²) in [4.78, 5) is 4.27. The van der Waals surface area contributed by atoms with Gasteiger partial charge in [0.2, 0.25) is 5.89 Å². The summed E-state index contributed by atoms with van der Waals surface area (Å²) in [5.41, 5.74) is 1.30. The van der Waals surface area contributed by atoms with Crippen molar-refractivity contribution >= 4 is 0 Å². The fourth-order valence-electron chi connectivity index (χ4n) is 1.83. The molecule has 0 saturated carbocycles. The van der Waals surface area contributed by atoms with E-state index in [0.717, 1.165) is 0 Å². The third kappa shape index (κ3) is 3.20. The van der Waals surface area contributed by atoms with Gasteiger partial charge in [0, 0.05) is 11.6 Å². The number of oxazole rings is 1. The van der Waals surface area contributed by atoms with E-state index < -0.39 is 0 Å². The Kier molecular flexibility index (Phi) is 3.55. The Morgan fingerprint density at radius 3 is 2.71 bits per heavy atom. The molecule has 5 heteroatoms. The zero-order chi connectivity index (χ0) is 14.7. The van der Waals surface area contributed by atoms with E-state index in [1.54, 1.807) is 30.3 Å². The van der Waals surface area contributed by atoms with Gasteiger partial charge in [-0.15, -0.1) is 0 Å². The smallest absolute Gasteiger partial charge is 0.226 e. The molecule has 1 N–H and O–H groups in total. The second-order valence-electron chi connectivity index (χ2n) is 4.44. The van der Waals surface area contributed by atoms with Crippen molar-refractivity contribution in [2.75, 3.05) is 0 Å². The predicted molar refractivity (Wildman–Crippen MR) is 74.3 cm³/mol. The first-order chi connectivity index (χ1) is 10.2. The molecular formula is C16H12FNO3. The molecule has 1 heterocycles. The number of hydrogen-bond donors (Lipinski definition) is 1. The molecule has 1 aromatic heterocycles. The lowest BCUT2D eigenvalue weighted by molar-refractivity contribution is 0.299. The molecule has 0 radical (unpaired) electrons. The van der Waals surface area contributed by atoms with E-state index in [-0.39, 0.29) is 18.2 Å². The topological polar surface area (TPSA) is 55.5 Å². The molecule has 3 rings (SSSR count). The number of nitrogens with zero attached hydrogens (tertiary/aromatic N) is 1. The molecule has 3 aromatic rings. The maximum Gasteiger partial charge on any atom is 0.226 e. The molecule has 106 valence electrons. The van der Waals surface area contributed by atoms with Crippen molar-refractivity contribution in [2.24, 2.45) is 0 Å². The summed E-state index contributed by atoms with van der Waals surface area (Å²) >= 11 is 0. The third-order valence-electron chi connectivity index (χ3n) is 2.85. The normalized spacial score (nSPS) is 10.5. The van der Waals surface area contributed by atoms with Crippen molar-refractivity contribution < 1.29 is 18.7 Å². The molecule has 0 fully saturated rings. The van der Waals surface area contributed by atoms with Crippen LogP contribution in [0.1, 0.15) is 5.69 Å². The zero-order valence-electron chi connectivity index (χ0n) is 11.0. The van der Waals surface area contributed by atoms with Crippen LogP contribution in [0, 0.1) is 5.82 Å². The average Bonchev–Trinajstić information content (AvgIpc) is 2.95. The molecule has 4 nitrogen and oxygen atoms in total. The van der Waals surface area contributed by atoms with Crippen LogP contribution in [0.5, 0.6) is 11.5 Å². The highest BCUT2D eigenvalue weighted by molar-refractivity contribution is 5.52. The van der Waals surface area contributed by atoms with Crippen molar-refractivity contribution in [1.82, 2.24) is 4.98 Å². The highest BCUT2D eigenvalue weighted by Crippen LogP contribution is 2.21. The van der Waals surface area contributed by atoms with Gasteiger partial charge < -0.3 is 14.3 Å². The molecule has 0 aliphatic carbocycles. The number of benzene rings is 2. The van der Waals surface area contributed by atoms with Gasteiger partial charge in [0.15, 0.2) is 0 Å². The number of ether oxygens (including phenoxy) is 1. The summed E-state index contributed by atoms with van der Waals surface area (Å²) in [5, 5.41) is 9.34. The van der Waals surface area contributed by atoms with Crippen LogP contribution in [0.3, 0.4) is 0 Å². The van der Waals surface area contributed by atoms with Gasteiger partial charge in [-0.05, 0) is 36.4 Å². The molecule has 0 unspecified atom stereocenters. The Morgan fingerprint density at radius 2 is 1.95 bits per heavy atom. The molecule has 0 amide bonds. The second kappa shape index (κ2) is 5.66. The van der Waals surface area contributed by atoms with E-state index in [0.29, 0.717) is 22.9 Å². The lowest BCUT2D eigenvalue weighted by Crippen LogP contribution is -1.95. The minimum absolute atomic E-state index is 0.139. The van der Waals surface area contributed by atoms with Gasteiger partial charge in [-0.25, -0.2) is 9.37 Å². The summed E-state index contributed by atoms with van der Waals surface area (Å²) in [6.45, 7) is 0.216. The molecule has 0 spiro atoms. The highest BCUT2D eigenvalue weighted by Gasteiger charge is 2.07. The molecule has 0 aliphatic heterocycles. The molecular weight excluding hydrogens is 273 g/mol. The summed E-state index contributed by atoms with van der Waals surface area (Å²) in [6, 6.07) is 12.4. The SMILES string of the molecule is Oc1cccc(OCc2coc(-c3ccc(F)cc3)n2)c1. The minimum atomic E-state index is -0.308. The molecule has 0 aliphatic rings. The highest BCUT2D eigenvalue weighted by atomic mass is 19.1. The number of aromatic hydroxyl groups is 1. The Bertz CT molecular complexity index is 737. The van der Waals surface area contributed by atoms with Crippen LogP contribution in [-0.2, 0) is 6.61 Å². The molecule has 0 saturated heterocycles. The van der Waals surface area contributed by atoms with E-state index in [1.165, 1.54) is 24.5 Å². The number of hydrogen-bond acceptors (Lipinski definition) is 4. The fraction of sp³-hybridized carbons (Fsp3) is 0.0625. The van der Waals surface area contributed by atoms with Crippen molar-refractivity contribution in [3.63, 3.8) is 0 Å². The first-order valence-corrected chi connectivity index (χ1v) is 6.33. The summed E-state index contributed by atoms with van der Waals surface area (Å²) in [5.74, 6) is 0.781. The Hall–Kier alpha value is -2.82. The Labute approximate surface area is 120 Å². The average molecular weight is 285 g/mol. The van der Waals surface area contributed by atoms with Crippen LogP contribution in [0.2, 0.25) is 0 Å². The standard InChI is InChI=1S/C16H12FNO3/c17-12-6-4-11(5-7-12)16-18-13(10-21-16)9-20-15-3-1-2-14(19)8-15/h1-8,10,19H,9H2. The van der Waals surface area contributed by atoms with Gasteiger partial charge in [0.05, 0.1) is 0 Å². The van der Waals surface area contributed by atoms with E-state index in [9.17, 15) is 9.50 Å². The van der Waals surface area contributed by atoms with Gasteiger partial charge in [-0.3, -0.25) is 0 Å². The van der Waals surface area contributed by atoms with E-state index in [4.69, 9.17) is 9.15 Å². The number of aromatic nitrogens is 1. The zero-order valence-corrected chi connectivity index (χ0v) is 11.0. The van der Waals surface area contributed by atoms with Gasteiger partial charge in [0.1, 0.15) is 35.9 Å². The maximum absolute atomic E-state index is 12.9. The lowest BCUT2D eigenvalue weighted by atomic mass is 10.2. The quantitative estimate of drug-likeness (QED) is 0.793. The summed E-state index contributed by atoms with van der Waals surface area (Å²) in [6.07, 6.45) is 1.49. The minimum Gasteiger partial charge on any atom is -0.508 e. The van der Waals surface area contributed by atoms with Gasteiger partial charge >= 0.3 is 0 Å². The van der Waals surface area contributed by atoms with Gasteiger partial charge in [-0.2, -0.15) is 0 Å². The van der Waals surface area contributed by atoms with Gasteiger partial charge in [-0.1, -0.05) is 6.07 Å². The number of phenols is 1. The molecule has 0 bridgehead atoms. The van der Waals surface area contributed by atoms with Crippen LogP contribution in [0.4, 0.5) is 4.39 Å². The first-order valence-electron chi connectivity index (χ1n) is 6.33. The predicted octanol–water partition coefficient (Wildman–Crippen LogP) is 3.77. The van der Waals surface area contributed by atoms with Crippen LogP contribution in [-0.4, -0.2) is 10.1 Å². The van der Waals surface area contributed by atoms with Crippen LogP contribution in [0.25, 0.3) is 11.5 Å².